The molecule has 100 valence electrons. The second-order valence-electron chi connectivity index (χ2n) is 5.75. The van der Waals surface area contributed by atoms with Gasteiger partial charge >= 0.3 is 0 Å². The Morgan fingerprint density at radius 2 is 1.83 bits per heavy atom. The Balaban J connectivity index is 1.97. The first kappa shape index (κ1) is 13.6. The molecule has 1 saturated carbocycles. The molecule has 0 aromatic heterocycles. The van der Waals surface area contributed by atoms with Gasteiger partial charge in [0.15, 0.2) is 0 Å². The van der Waals surface area contributed by atoms with E-state index in [1.165, 1.54) is 44.1 Å². The van der Waals surface area contributed by atoms with Crippen LogP contribution in [0.2, 0.25) is 0 Å². The molecule has 0 saturated heterocycles. The second-order valence-corrected chi connectivity index (χ2v) is 5.75. The molecular formula is C17H27N. The molecule has 1 fully saturated rings. The standard InChI is InChI=1S/C17H27N/c1-3-9-17(16-12-5-4-6-13-16)18-14(2)15-10-7-8-11-15/h4-6,12-15,17-18H,3,7-11H2,1-2H3. The fourth-order valence-electron chi connectivity index (χ4n) is 3.23. The van der Waals surface area contributed by atoms with E-state index in [1.807, 2.05) is 0 Å². The molecule has 0 aliphatic heterocycles. The Kier molecular flexibility index (Phi) is 5.25. The van der Waals surface area contributed by atoms with E-state index >= 15 is 0 Å². The molecule has 0 radical (unpaired) electrons. The minimum absolute atomic E-state index is 0.534. The summed E-state index contributed by atoms with van der Waals surface area (Å²) in [6.45, 7) is 4.65. The summed E-state index contributed by atoms with van der Waals surface area (Å²) in [5.41, 5.74) is 1.45. The van der Waals surface area contributed by atoms with Crippen molar-refractivity contribution < 1.29 is 0 Å². The van der Waals surface area contributed by atoms with E-state index in [-0.39, 0.29) is 0 Å². The molecule has 1 N–H and O–H groups in total. The van der Waals surface area contributed by atoms with E-state index in [0.29, 0.717) is 12.1 Å². The minimum Gasteiger partial charge on any atom is -0.307 e. The lowest BCUT2D eigenvalue weighted by Gasteiger charge is -2.27. The van der Waals surface area contributed by atoms with Crippen LogP contribution >= 0.6 is 0 Å². The topological polar surface area (TPSA) is 12.0 Å². The van der Waals surface area contributed by atoms with Crippen LogP contribution in [0.25, 0.3) is 0 Å². The van der Waals surface area contributed by atoms with Crippen LogP contribution in [-0.2, 0) is 0 Å². The van der Waals surface area contributed by atoms with Crippen molar-refractivity contribution in [2.45, 2.75) is 64.5 Å². The Hall–Kier alpha value is -0.820. The van der Waals surface area contributed by atoms with Crippen molar-refractivity contribution in [3.05, 3.63) is 35.9 Å². The lowest BCUT2D eigenvalue weighted by molar-refractivity contribution is 0.333. The van der Waals surface area contributed by atoms with Gasteiger partial charge in [0, 0.05) is 12.1 Å². The Labute approximate surface area is 112 Å². The predicted octanol–water partition coefficient (Wildman–Crippen LogP) is 4.70. The molecule has 1 aliphatic rings. The highest BCUT2D eigenvalue weighted by atomic mass is 15.0. The number of benzene rings is 1. The summed E-state index contributed by atoms with van der Waals surface area (Å²) >= 11 is 0. The Morgan fingerprint density at radius 1 is 1.17 bits per heavy atom. The Bertz CT molecular complexity index is 327. The highest BCUT2D eigenvalue weighted by molar-refractivity contribution is 5.19. The third-order valence-corrected chi connectivity index (χ3v) is 4.35. The molecule has 1 aromatic carbocycles. The molecule has 18 heavy (non-hydrogen) atoms. The molecule has 0 spiro atoms. The van der Waals surface area contributed by atoms with Gasteiger partial charge in [0.25, 0.3) is 0 Å². The highest BCUT2D eigenvalue weighted by Crippen LogP contribution is 2.29. The summed E-state index contributed by atoms with van der Waals surface area (Å²) in [5.74, 6) is 0.896. The van der Waals surface area contributed by atoms with Crippen molar-refractivity contribution in [3.8, 4) is 0 Å². The van der Waals surface area contributed by atoms with Crippen molar-refractivity contribution in [1.82, 2.24) is 5.32 Å². The molecule has 2 atom stereocenters. The monoisotopic (exact) mass is 245 g/mol. The summed E-state index contributed by atoms with van der Waals surface area (Å²) < 4.78 is 0. The molecule has 1 aliphatic carbocycles. The van der Waals surface area contributed by atoms with E-state index in [2.05, 4.69) is 49.5 Å². The van der Waals surface area contributed by atoms with Crippen LogP contribution in [-0.4, -0.2) is 6.04 Å². The maximum absolute atomic E-state index is 3.88. The Morgan fingerprint density at radius 3 is 2.44 bits per heavy atom. The average Bonchev–Trinajstić information content (AvgIpc) is 2.93. The molecule has 1 aromatic rings. The van der Waals surface area contributed by atoms with E-state index in [9.17, 15) is 0 Å². The number of nitrogens with one attached hydrogen (secondary N) is 1. The molecule has 0 heterocycles. The average molecular weight is 245 g/mol. The van der Waals surface area contributed by atoms with Gasteiger partial charge in [0.2, 0.25) is 0 Å². The van der Waals surface area contributed by atoms with Gasteiger partial charge in [0.1, 0.15) is 0 Å². The van der Waals surface area contributed by atoms with Gasteiger partial charge in [-0.15, -0.1) is 0 Å². The number of hydrogen-bond acceptors (Lipinski definition) is 1. The van der Waals surface area contributed by atoms with Gasteiger partial charge in [-0.05, 0) is 37.7 Å². The summed E-state index contributed by atoms with van der Waals surface area (Å²) in [6.07, 6.45) is 8.18. The minimum atomic E-state index is 0.534. The van der Waals surface area contributed by atoms with Crippen LogP contribution in [0.4, 0.5) is 0 Å². The quantitative estimate of drug-likeness (QED) is 0.766. The zero-order valence-electron chi connectivity index (χ0n) is 11.9. The largest absolute Gasteiger partial charge is 0.307 e. The van der Waals surface area contributed by atoms with Crippen LogP contribution in [0.1, 0.15) is 64.0 Å². The summed E-state index contributed by atoms with van der Waals surface area (Å²) in [7, 11) is 0. The number of rotatable bonds is 6. The molecule has 1 heteroatoms. The second kappa shape index (κ2) is 6.94. The lowest BCUT2D eigenvalue weighted by atomic mass is 9.96. The van der Waals surface area contributed by atoms with Gasteiger partial charge in [-0.3, -0.25) is 0 Å². The molecule has 0 amide bonds. The van der Waals surface area contributed by atoms with Crippen LogP contribution in [0.15, 0.2) is 30.3 Å². The van der Waals surface area contributed by atoms with E-state index in [0.717, 1.165) is 5.92 Å². The fraction of sp³-hybridized carbons (Fsp3) is 0.647. The van der Waals surface area contributed by atoms with Crippen molar-refractivity contribution >= 4 is 0 Å². The molecule has 2 unspecified atom stereocenters. The summed E-state index contributed by atoms with van der Waals surface area (Å²) in [4.78, 5) is 0. The fourth-order valence-corrected chi connectivity index (χ4v) is 3.23. The number of hydrogen-bond donors (Lipinski definition) is 1. The summed E-state index contributed by atoms with van der Waals surface area (Å²) in [6, 6.07) is 12.1. The lowest BCUT2D eigenvalue weighted by Crippen LogP contribution is -2.35. The zero-order valence-corrected chi connectivity index (χ0v) is 11.9. The predicted molar refractivity (Wildman–Crippen MR) is 78.6 cm³/mol. The third-order valence-electron chi connectivity index (χ3n) is 4.35. The van der Waals surface area contributed by atoms with E-state index in [1.54, 1.807) is 0 Å². The molecular weight excluding hydrogens is 218 g/mol. The smallest absolute Gasteiger partial charge is 0.0322 e. The van der Waals surface area contributed by atoms with Gasteiger partial charge in [-0.1, -0.05) is 56.5 Å². The van der Waals surface area contributed by atoms with Gasteiger partial charge in [0.05, 0.1) is 0 Å². The van der Waals surface area contributed by atoms with Crippen molar-refractivity contribution in [1.29, 1.82) is 0 Å². The van der Waals surface area contributed by atoms with Crippen molar-refractivity contribution in [2.24, 2.45) is 5.92 Å². The van der Waals surface area contributed by atoms with Gasteiger partial charge < -0.3 is 5.32 Å². The highest BCUT2D eigenvalue weighted by Gasteiger charge is 2.23. The van der Waals surface area contributed by atoms with Gasteiger partial charge in [-0.25, -0.2) is 0 Å². The zero-order chi connectivity index (χ0) is 12.8. The first-order valence-electron chi connectivity index (χ1n) is 7.62. The van der Waals surface area contributed by atoms with Gasteiger partial charge in [-0.2, -0.15) is 0 Å². The first-order chi connectivity index (χ1) is 8.81. The summed E-state index contributed by atoms with van der Waals surface area (Å²) in [5, 5.41) is 3.88. The molecule has 1 nitrogen and oxygen atoms in total. The first-order valence-corrected chi connectivity index (χ1v) is 7.62. The van der Waals surface area contributed by atoms with Crippen molar-refractivity contribution in [2.75, 3.05) is 0 Å². The van der Waals surface area contributed by atoms with Crippen LogP contribution in [0, 0.1) is 5.92 Å². The maximum atomic E-state index is 3.88. The maximum Gasteiger partial charge on any atom is 0.0322 e. The molecule has 0 bridgehead atoms. The third kappa shape index (κ3) is 3.58. The van der Waals surface area contributed by atoms with Crippen LogP contribution in [0.3, 0.4) is 0 Å². The normalized spacial score (nSPS) is 19.9. The van der Waals surface area contributed by atoms with Crippen LogP contribution in [0.5, 0.6) is 0 Å². The molecule has 2 rings (SSSR count). The van der Waals surface area contributed by atoms with E-state index < -0.39 is 0 Å². The van der Waals surface area contributed by atoms with Crippen LogP contribution < -0.4 is 5.32 Å². The van der Waals surface area contributed by atoms with E-state index in [4.69, 9.17) is 0 Å². The SMILES string of the molecule is CCCC(NC(C)C1CCCC1)c1ccccc1. The van der Waals surface area contributed by atoms with Crippen molar-refractivity contribution in [3.63, 3.8) is 0 Å².